The molecular formula is C12H19NO. The highest BCUT2D eigenvalue weighted by Gasteiger charge is 2.15. The van der Waals surface area contributed by atoms with Gasteiger partial charge in [-0.15, -0.1) is 0 Å². The van der Waals surface area contributed by atoms with Crippen molar-refractivity contribution in [2.24, 2.45) is 0 Å². The lowest BCUT2D eigenvalue weighted by molar-refractivity contribution is 0.134. The molecule has 0 amide bonds. The van der Waals surface area contributed by atoms with Gasteiger partial charge in [-0.3, -0.25) is 4.90 Å². The molecule has 1 aromatic rings. The van der Waals surface area contributed by atoms with Crippen molar-refractivity contribution in [1.82, 2.24) is 4.90 Å². The van der Waals surface area contributed by atoms with Gasteiger partial charge >= 0.3 is 0 Å². The Kier molecular flexibility index (Phi) is 4.63. The van der Waals surface area contributed by atoms with Gasteiger partial charge in [0.25, 0.3) is 0 Å². The summed E-state index contributed by atoms with van der Waals surface area (Å²) in [6, 6.07) is 10.3. The van der Waals surface area contributed by atoms with Gasteiger partial charge in [-0.05, 0) is 18.7 Å². The molecule has 1 N–H and O–H groups in total. The molecule has 0 radical (unpaired) electrons. The fourth-order valence-electron chi connectivity index (χ4n) is 1.77. The van der Waals surface area contributed by atoms with Gasteiger partial charge in [0.15, 0.2) is 0 Å². The van der Waals surface area contributed by atoms with Gasteiger partial charge in [0.2, 0.25) is 0 Å². The predicted molar refractivity (Wildman–Crippen MR) is 59.2 cm³/mol. The molecule has 0 spiro atoms. The lowest BCUT2D eigenvalue weighted by Crippen LogP contribution is -2.30. The highest BCUT2D eigenvalue weighted by molar-refractivity contribution is 5.19. The van der Waals surface area contributed by atoms with Crippen molar-refractivity contribution in [2.45, 2.75) is 19.9 Å². The van der Waals surface area contributed by atoms with Crippen LogP contribution in [0.1, 0.15) is 25.5 Å². The Morgan fingerprint density at radius 1 is 1.14 bits per heavy atom. The van der Waals surface area contributed by atoms with Crippen LogP contribution in [0.2, 0.25) is 0 Å². The number of aliphatic hydroxyl groups excluding tert-OH is 1. The van der Waals surface area contributed by atoms with Crippen molar-refractivity contribution < 1.29 is 5.11 Å². The predicted octanol–water partition coefficient (Wildman–Crippen LogP) is 2.06. The second-order valence-electron chi connectivity index (χ2n) is 3.33. The van der Waals surface area contributed by atoms with E-state index in [-0.39, 0.29) is 12.6 Å². The molecule has 0 bridgehead atoms. The molecular weight excluding hydrogens is 174 g/mol. The maximum absolute atomic E-state index is 9.37. The number of likely N-dealkylation sites (N-methyl/N-ethyl adjacent to an activating group) is 1. The maximum atomic E-state index is 9.37. The molecule has 0 heterocycles. The largest absolute Gasteiger partial charge is 0.394 e. The molecule has 0 saturated carbocycles. The number of benzene rings is 1. The lowest BCUT2D eigenvalue weighted by Gasteiger charge is -2.28. The van der Waals surface area contributed by atoms with E-state index in [1.165, 1.54) is 5.56 Å². The first-order valence-electron chi connectivity index (χ1n) is 5.23. The smallest absolute Gasteiger partial charge is 0.0628 e. The number of hydrogen-bond donors (Lipinski definition) is 1. The van der Waals surface area contributed by atoms with E-state index in [1.54, 1.807) is 0 Å². The van der Waals surface area contributed by atoms with E-state index in [2.05, 4.69) is 30.9 Å². The molecule has 1 atom stereocenters. The summed E-state index contributed by atoms with van der Waals surface area (Å²) >= 11 is 0. The zero-order chi connectivity index (χ0) is 10.4. The van der Waals surface area contributed by atoms with Gasteiger partial charge in [-0.2, -0.15) is 0 Å². The summed E-state index contributed by atoms with van der Waals surface area (Å²) in [6.45, 7) is 6.36. The van der Waals surface area contributed by atoms with Crippen LogP contribution in [-0.2, 0) is 0 Å². The molecule has 1 rings (SSSR count). The SMILES string of the molecule is CCN(CC)[C@H](CO)c1ccccc1. The van der Waals surface area contributed by atoms with Gasteiger partial charge in [0.05, 0.1) is 12.6 Å². The first kappa shape index (κ1) is 11.2. The van der Waals surface area contributed by atoms with Gasteiger partial charge in [-0.25, -0.2) is 0 Å². The standard InChI is InChI=1S/C12H19NO/c1-3-13(4-2)12(10-14)11-8-6-5-7-9-11/h5-9,12,14H,3-4,10H2,1-2H3/t12-/m1/s1. The highest BCUT2D eigenvalue weighted by atomic mass is 16.3. The van der Waals surface area contributed by atoms with Crippen LogP contribution in [0, 0.1) is 0 Å². The minimum Gasteiger partial charge on any atom is -0.394 e. The van der Waals surface area contributed by atoms with Crippen LogP contribution < -0.4 is 0 Å². The summed E-state index contributed by atoms with van der Waals surface area (Å²) in [4.78, 5) is 2.26. The summed E-state index contributed by atoms with van der Waals surface area (Å²) in [5.41, 5.74) is 1.19. The van der Waals surface area contributed by atoms with Crippen LogP contribution in [0.25, 0.3) is 0 Å². The Hall–Kier alpha value is -0.860. The minimum atomic E-state index is 0.145. The normalized spacial score (nSPS) is 13.1. The van der Waals surface area contributed by atoms with Crippen molar-refractivity contribution >= 4 is 0 Å². The van der Waals surface area contributed by atoms with E-state index in [0.29, 0.717) is 0 Å². The molecule has 2 nitrogen and oxygen atoms in total. The molecule has 0 aliphatic heterocycles. The Balaban J connectivity index is 2.81. The molecule has 1 aromatic carbocycles. The van der Waals surface area contributed by atoms with Crippen molar-refractivity contribution in [3.05, 3.63) is 35.9 Å². The van der Waals surface area contributed by atoms with Crippen molar-refractivity contribution in [3.63, 3.8) is 0 Å². The van der Waals surface area contributed by atoms with E-state index in [9.17, 15) is 5.11 Å². The van der Waals surface area contributed by atoms with E-state index < -0.39 is 0 Å². The van der Waals surface area contributed by atoms with Crippen molar-refractivity contribution in [3.8, 4) is 0 Å². The zero-order valence-electron chi connectivity index (χ0n) is 8.98. The average Bonchev–Trinajstić information content (AvgIpc) is 2.27. The third-order valence-electron chi connectivity index (χ3n) is 2.61. The number of rotatable bonds is 5. The topological polar surface area (TPSA) is 23.5 Å². The van der Waals surface area contributed by atoms with Gasteiger partial charge in [0, 0.05) is 0 Å². The van der Waals surface area contributed by atoms with E-state index in [0.717, 1.165) is 13.1 Å². The molecule has 0 saturated heterocycles. The molecule has 0 aliphatic rings. The molecule has 78 valence electrons. The molecule has 0 fully saturated rings. The van der Waals surface area contributed by atoms with Crippen LogP contribution in [0.15, 0.2) is 30.3 Å². The molecule has 2 heteroatoms. The summed E-state index contributed by atoms with van der Waals surface area (Å²) in [5, 5.41) is 9.37. The summed E-state index contributed by atoms with van der Waals surface area (Å²) < 4.78 is 0. The Morgan fingerprint density at radius 3 is 2.14 bits per heavy atom. The van der Waals surface area contributed by atoms with E-state index >= 15 is 0 Å². The first-order chi connectivity index (χ1) is 6.83. The van der Waals surface area contributed by atoms with E-state index in [1.807, 2.05) is 18.2 Å². The van der Waals surface area contributed by atoms with Crippen LogP contribution >= 0.6 is 0 Å². The van der Waals surface area contributed by atoms with E-state index in [4.69, 9.17) is 0 Å². The summed E-state index contributed by atoms with van der Waals surface area (Å²) in [5.74, 6) is 0. The van der Waals surface area contributed by atoms with Crippen LogP contribution in [0.3, 0.4) is 0 Å². The van der Waals surface area contributed by atoms with Gasteiger partial charge < -0.3 is 5.11 Å². The highest BCUT2D eigenvalue weighted by Crippen LogP contribution is 2.18. The van der Waals surface area contributed by atoms with Crippen LogP contribution in [0.4, 0.5) is 0 Å². The quantitative estimate of drug-likeness (QED) is 0.773. The second kappa shape index (κ2) is 5.78. The van der Waals surface area contributed by atoms with Crippen LogP contribution in [0.5, 0.6) is 0 Å². The fourth-order valence-corrected chi connectivity index (χ4v) is 1.77. The minimum absolute atomic E-state index is 0.145. The van der Waals surface area contributed by atoms with Crippen molar-refractivity contribution in [2.75, 3.05) is 19.7 Å². The second-order valence-corrected chi connectivity index (χ2v) is 3.33. The van der Waals surface area contributed by atoms with Gasteiger partial charge in [0.1, 0.15) is 0 Å². The zero-order valence-corrected chi connectivity index (χ0v) is 8.98. The van der Waals surface area contributed by atoms with Gasteiger partial charge in [-0.1, -0.05) is 44.2 Å². The Morgan fingerprint density at radius 2 is 1.71 bits per heavy atom. The number of hydrogen-bond acceptors (Lipinski definition) is 2. The molecule has 14 heavy (non-hydrogen) atoms. The monoisotopic (exact) mass is 193 g/mol. The molecule has 0 aromatic heterocycles. The number of aliphatic hydroxyl groups is 1. The average molecular weight is 193 g/mol. The maximum Gasteiger partial charge on any atom is 0.0628 e. The lowest BCUT2D eigenvalue weighted by atomic mass is 10.1. The first-order valence-corrected chi connectivity index (χ1v) is 5.23. The third-order valence-corrected chi connectivity index (χ3v) is 2.61. The molecule has 0 aliphatic carbocycles. The van der Waals surface area contributed by atoms with Crippen molar-refractivity contribution in [1.29, 1.82) is 0 Å². The fraction of sp³-hybridized carbons (Fsp3) is 0.500. The summed E-state index contributed by atoms with van der Waals surface area (Å²) in [7, 11) is 0. The van der Waals surface area contributed by atoms with Crippen LogP contribution in [-0.4, -0.2) is 29.7 Å². The summed E-state index contributed by atoms with van der Waals surface area (Å²) in [6.07, 6.45) is 0. The third kappa shape index (κ3) is 2.56. The Bertz CT molecular complexity index is 244. The molecule has 0 unspecified atom stereocenters. The number of nitrogens with zero attached hydrogens (tertiary/aromatic N) is 1. The Labute approximate surface area is 86.2 Å².